The third-order valence-electron chi connectivity index (χ3n) is 3.08. The zero-order valence-electron chi connectivity index (χ0n) is 17.6. The van der Waals surface area contributed by atoms with Gasteiger partial charge in [-0.2, -0.15) is 0 Å². The van der Waals surface area contributed by atoms with Gasteiger partial charge in [-0.25, -0.2) is 0 Å². The summed E-state index contributed by atoms with van der Waals surface area (Å²) in [6.07, 6.45) is 10.2. The topological polar surface area (TPSA) is 9.23 Å². The van der Waals surface area contributed by atoms with Crippen LogP contribution in [0.2, 0.25) is 0 Å². The molecule has 0 N–H and O–H groups in total. The van der Waals surface area contributed by atoms with Crippen molar-refractivity contribution < 1.29 is 4.74 Å². The minimum atomic E-state index is 0.487. The van der Waals surface area contributed by atoms with Crippen LogP contribution in [-0.2, 0) is 4.74 Å². The molecule has 1 fully saturated rings. The SMILES string of the molecule is C=CC.C=CC(=C)CCO[C@@H]1CCCC[C@H]1C.CC.CC.CC. The fourth-order valence-corrected chi connectivity index (χ4v) is 1.97. The Morgan fingerprint density at radius 3 is 1.83 bits per heavy atom. The molecule has 1 rings (SSSR count). The molecule has 0 spiro atoms. The average Bonchev–Trinajstić information content (AvgIpc) is 2.62. The lowest BCUT2D eigenvalue weighted by atomic mass is 9.88. The Balaban J connectivity index is -0.000000171. The van der Waals surface area contributed by atoms with Gasteiger partial charge in [-0.05, 0) is 32.1 Å². The third kappa shape index (κ3) is 23.6. The molecule has 1 aliphatic rings. The summed E-state index contributed by atoms with van der Waals surface area (Å²) in [6.45, 7) is 27.9. The molecule has 0 saturated heterocycles. The van der Waals surface area contributed by atoms with E-state index in [9.17, 15) is 0 Å². The maximum absolute atomic E-state index is 5.86. The van der Waals surface area contributed by atoms with Gasteiger partial charge in [0.05, 0.1) is 12.7 Å². The van der Waals surface area contributed by atoms with Crippen molar-refractivity contribution in [2.24, 2.45) is 5.92 Å². The van der Waals surface area contributed by atoms with Gasteiger partial charge >= 0.3 is 0 Å². The third-order valence-corrected chi connectivity index (χ3v) is 3.08. The molecule has 1 saturated carbocycles. The molecule has 1 aliphatic carbocycles. The van der Waals surface area contributed by atoms with E-state index < -0.39 is 0 Å². The highest BCUT2D eigenvalue weighted by atomic mass is 16.5. The summed E-state index contributed by atoms with van der Waals surface area (Å²) in [4.78, 5) is 0. The molecular formula is C22H46O. The van der Waals surface area contributed by atoms with Gasteiger partial charge in [-0.1, -0.05) is 92.2 Å². The van der Waals surface area contributed by atoms with E-state index in [1.807, 2.05) is 54.5 Å². The van der Waals surface area contributed by atoms with Gasteiger partial charge in [0.2, 0.25) is 0 Å². The zero-order chi connectivity index (χ0) is 19.1. The van der Waals surface area contributed by atoms with Crippen LogP contribution >= 0.6 is 0 Å². The van der Waals surface area contributed by atoms with Crippen molar-refractivity contribution in [1.29, 1.82) is 0 Å². The minimum absolute atomic E-state index is 0.487. The molecule has 0 aromatic carbocycles. The maximum atomic E-state index is 5.86. The molecule has 0 aromatic rings. The van der Waals surface area contributed by atoms with E-state index >= 15 is 0 Å². The van der Waals surface area contributed by atoms with Gasteiger partial charge in [0.1, 0.15) is 0 Å². The normalized spacial score (nSPS) is 17.9. The van der Waals surface area contributed by atoms with Gasteiger partial charge in [-0.3, -0.25) is 0 Å². The Labute approximate surface area is 148 Å². The first-order valence-electron chi connectivity index (χ1n) is 9.64. The smallest absolute Gasteiger partial charge is 0.0600 e. The number of hydrogen-bond acceptors (Lipinski definition) is 1. The minimum Gasteiger partial charge on any atom is -0.378 e. The molecule has 23 heavy (non-hydrogen) atoms. The molecule has 140 valence electrons. The van der Waals surface area contributed by atoms with Gasteiger partial charge in [0, 0.05) is 0 Å². The lowest BCUT2D eigenvalue weighted by Crippen LogP contribution is -2.25. The molecule has 1 heteroatoms. The molecule has 0 bridgehead atoms. The van der Waals surface area contributed by atoms with Crippen LogP contribution < -0.4 is 0 Å². The fourth-order valence-electron chi connectivity index (χ4n) is 1.97. The second-order valence-corrected chi connectivity index (χ2v) is 4.69. The lowest BCUT2D eigenvalue weighted by molar-refractivity contribution is -0.00306. The predicted octanol–water partition coefficient (Wildman–Crippen LogP) is 7.98. The Morgan fingerprint density at radius 1 is 1.00 bits per heavy atom. The molecule has 0 aliphatic heterocycles. The van der Waals surface area contributed by atoms with Crippen LogP contribution in [-0.4, -0.2) is 12.7 Å². The van der Waals surface area contributed by atoms with Crippen LogP contribution in [0.15, 0.2) is 37.5 Å². The number of ether oxygens (including phenoxy) is 1. The van der Waals surface area contributed by atoms with Crippen molar-refractivity contribution in [3.05, 3.63) is 37.5 Å². The quantitative estimate of drug-likeness (QED) is 0.367. The van der Waals surface area contributed by atoms with Crippen LogP contribution in [0.25, 0.3) is 0 Å². The van der Waals surface area contributed by atoms with Crippen molar-refractivity contribution in [3.8, 4) is 0 Å². The molecule has 0 aromatic heterocycles. The fraction of sp³-hybridized carbons (Fsp3) is 0.727. The lowest BCUT2D eigenvalue weighted by Gasteiger charge is -2.28. The summed E-state index contributed by atoms with van der Waals surface area (Å²) < 4.78 is 5.86. The molecule has 0 radical (unpaired) electrons. The highest BCUT2D eigenvalue weighted by Crippen LogP contribution is 2.26. The largest absolute Gasteiger partial charge is 0.378 e. The van der Waals surface area contributed by atoms with E-state index in [1.54, 1.807) is 6.08 Å². The predicted molar refractivity (Wildman–Crippen MR) is 111 cm³/mol. The number of allylic oxidation sites excluding steroid dienone is 2. The summed E-state index contributed by atoms with van der Waals surface area (Å²) in [5.74, 6) is 0.737. The van der Waals surface area contributed by atoms with E-state index in [1.165, 1.54) is 25.7 Å². The van der Waals surface area contributed by atoms with Gasteiger partial charge in [0.25, 0.3) is 0 Å². The maximum Gasteiger partial charge on any atom is 0.0600 e. The summed E-state index contributed by atoms with van der Waals surface area (Å²) >= 11 is 0. The van der Waals surface area contributed by atoms with Crippen LogP contribution in [0.5, 0.6) is 0 Å². The highest BCUT2D eigenvalue weighted by molar-refractivity contribution is 5.10. The standard InChI is InChI=1S/C13H22O.C3H6.3C2H6/c1-4-11(2)9-10-14-13-8-6-5-7-12(13)3;1-3-2;3*1-2/h4,12-13H,1-2,5-10H2,3H3;3H,1H2,2H3;3*1-2H3/t12-,13-;;;;/m1..../s1. The molecular weight excluding hydrogens is 280 g/mol. The Bertz CT molecular complexity index is 230. The average molecular weight is 327 g/mol. The first-order valence-corrected chi connectivity index (χ1v) is 9.64. The monoisotopic (exact) mass is 326 g/mol. The van der Waals surface area contributed by atoms with E-state index in [0.29, 0.717) is 6.10 Å². The van der Waals surface area contributed by atoms with Crippen molar-refractivity contribution in [1.82, 2.24) is 0 Å². The summed E-state index contributed by atoms with van der Waals surface area (Å²) in [5.41, 5.74) is 1.08. The Kier molecular flexibility index (Phi) is 38.2. The van der Waals surface area contributed by atoms with Gasteiger partial charge in [0.15, 0.2) is 0 Å². The molecule has 0 unspecified atom stereocenters. The number of rotatable bonds is 5. The molecule has 1 nitrogen and oxygen atoms in total. The first-order chi connectivity index (χ1) is 11.2. The zero-order valence-corrected chi connectivity index (χ0v) is 17.6. The van der Waals surface area contributed by atoms with Crippen LogP contribution in [0, 0.1) is 5.92 Å². The second kappa shape index (κ2) is 29.2. The van der Waals surface area contributed by atoms with Crippen molar-refractivity contribution in [3.63, 3.8) is 0 Å². The summed E-state index contributed by atoms with van der Waals surface area (Å²) in [5, 5.41) is 0. The first kappa shape index (κ1) is 30.1. The van der Waals surface area contributed by atoms with Gasteiger partial charge < -0.3 is 4.74 Å². The molecule has 2 atom stereocenters. The van der Waals surface area contributed by atoms with E-state index in [-0.39, 0.29) is 0 Å². The van der Waals surface area contributed by atoms with Crippen LogP contribution in [0.1, 0.15) is 87.5 Å². The summed E-state index contributed by atoms with van der Waals surface area (Å²) in [6, 6.07) is 0. The van der Waals surface area contributed by atoms with Crippen molar-refractivity contribution in [2.75, 3.05) is 6.61 Å². The highest BCUT2D eigenvalue weighted by Gasteiger charge is 2.21. The number of hydrogen-bond donors (Lipinski definition) is 0. The second-order valence-electron chi connectivity index (χ2n) is 4.69. The van der Waals surface area contributed by atoms with Crippen molar-refractivity contribution in [2.45, 2.75) is 93.6 Å². The van der Waals surface area contributed by atoms with E-state index in [0.717, 1.165) is 24.5 Å². The van der Waals surface area contributed by atoms with Crippen LogP contribution in [0.3, 0.4) is 0 Å². The van der Waals surface area contributed by atoms with Gasteiger partial charge in [-0.15, -0.1) is 6.58 Å². The molecule has 0 heterocycles. The Morgan fingerprint density at radius 2 is 1.43 bits per heavy atom. The van der Waals surface area contributed by atoms with E-state index in [4.69, 9.17) is 4.74 Å². The van der Waals surface area contributed by atoms with Crippen molar-refractivity contribution >= 4 is 0 Å². The molecule has 0 amide bonds. The van der Waals surface area contributed by atoms with E-state index in [2.05, 4.69) is 26.7 Å². The summed E-state index contributed by atoms with van der Waals surface area (Å²) in [7, 11) is 0. The Hall–Kier alpha value is -0.820. The van der Waals surface area contributed by atoms with Crippen LogP contribution in [0.4, 0.5) is 0 Å².